The van der Waals surface area contributed by atoms with Crippen LogP contribution in [0, 0.1) is 0 Å². The Kier molecular flexibility index (Phi) is 4.03. The molecule has 1 aliphatic rings. The first-order valence-corrected chi connectivity index (χ1v) is 9.69. The van der Waals surface area contributed by atoms with Gasteiger partial charge in [-0.05, 0) is 32.0 Å². The molecule has 0 saturated carbocycles. The van der Waals surface area contributed by atoms with Gasteiger partial charge >= 0.3 is 0 Å². The Labute approximate surface area is 122 Å². The molecule has 1 heterocycles. The van der Waals surface area contributed by atoms with E-state index in [0.717, 1.165) is 0 Å². The summed E-state index contributed by atoms with van der Waals surface area (Å²) in [7, 11) is -2.07. The van der Waals surface area contributed by atoms with Crippen molar-refractivity contribution in [2.45, 2.75) is 30.0 Å². The highest BCUT2D eigenvalue weighted by atomic mass is 35.7. The summed E-state index contributed by atoms with van der Waals surface area (Å²) in [5.74, 6) is 0.450. The van der Waals surface area contributed by atoms with Gasteiger partial charge in [0.25, 0.3) is 9.05 Å². The largest absolute Gasteiger partial charge is 0.491 e. The van der Waals surface area contributed by atoms with E-state index in [-0.39, 0.29) is 11.5 Å². The molecule has 1 atom stereocenters. The zero-order chi connectivity index (χ0) is 15.1. The van der Waals surface area contributed by atoms with Crippen molar-refractivity contribution in [1.82, 2.24) is 4.72 Å². The minimum Gasteiger partial charge on any atom is -0.491 e. The quantitative estimate of drug-likeness (QED) is 0.837. The molecule has 20 heavy (non-hydrogen) atoms. The Morgan fingerprint density at radius 2 is 1.95 bits per heavy atom. The molecule has 0 aliphatic carbocycles. The summed E-state index contributed by atoms with van der Waals surface area (Å²) in [6.45, 7) is 3.23. The molecule has 112 valence electrons. The van der Waals surface area contributed by atoms with Gasteiger partial charge in [0.05, 0.1) is 16.2 Å². The number of benzene rings is 1. The van der Waals surface area contributed by atoms with Gasteiger partial charge < -0.3 is 4.74 Å². The summed E-state index contributed by atoms with van der Waals surface area (Å²) in [5.41, 5.74) is 0.468. The molecule has 0 fully saturated rings. The van der Waals surface area contributed by atoms with Crippen LogP contribution in [0.3, 0.4) is 0 Å². The maximum Gasteiger partial charge on any atom is 0.261 e. The Balaban J connectivity index is 2.37. The Bertz CT molecular complexity index is 727. The molecule has 0 bridgehead atoms. The van der Waals surface area contributed by atoms with Crippen LogP contribution >= 0.6 is 10.7 Å². The van der Waals surface area contributed by atoms with E-state index in [1.165, 1.54) is 18.2 Å². The molecule has 1 N–H and O–H groups in total. The summed E-state index contributed by atoms with van der Waals surface area (Å²) >= 11 is 0. The van der Waals surface area contributed by atoms with Crippen molar-refractivity contribution in [3.05, 3.63) is 23.8 Å². The van der Waals surface area contributed by atoms with Crippen molar-refractivity contribution >= 4 is 29.8 Å². The predicted octanol–water partition coefficient (Wildman–Crippen LogP) is 1.38. The molecule has 9 heteroatoms. The summed E-state index contributed by atoms with van der Waals surface area (Å²) < 4.78 is 54.2. The molecular weight excluding hydrogens is 326 g/mol. The smallest absolute Gasteiger partial charge is 0.261 e. The molecule has 0 saturated heterocycles. The van der Waals surface area contributed by atoms with Gasteiger partial charge in [-0.15, -0.1) is 0 Å². The van der Waals surface area contributed by atoms with E-state index < -0.39 is 30.4 Å². The minimum atomic E-state index is -3.87. The third kappa shape index (κ3) is 3.08. The zero-order valence-corrected chi connectivity index (χ0v) is 13.2. The summed E-state index contributed by atoms with van der Waals surface area (Å²) in [5, 5.41) is -0.591. The molecule has 0 amide bonds. The lowest BCUT2D eigenvalue weighted by atomic mass is 10.1. The number of sulfonamides is 1. The van der Waals surface area contributed by atoms with E-state index in [9.17, 15) is 16.8 Å². The lowest BCUT2D eigenvalue weighted by Gasteiger charge is -2.14. The van der Waals surface area contributed by atoms with Crippen molar-refractivity contribution in [2.75, 3.05) is 6.61 Å². The summed E-state index contributed by atoms with van der Waals surface area (Å²) in [6.07, 6.45) is 0. The van der Waals surface area contributed by atoms with Crippen LogP contribution in [0.2, 0.25) is 0 Å². The number of ether oxygens (including phenoxy) is 1. The Morgan fingerprint density at radius 1 is 1.30 bits per heavy atom. The fourth-order valence-electron chi connectivity index (χ4n) is 1.78. The third-order valence-corrected chi connectivity index (χ3v) is 6.18. The first-order chi connectivity index (χ1) is 9.11. The zero-order valence-electron chi connectivity index (χ0n) is 10.8. The third-order valence-electron chi connectivity index (χ3n) is 2.97. The summed E-state index contributed by atoms with van der Waals surface area (Å²) in [6, 6.07) is 3.50. The first kappa shape index (κ1) is 15.6. The second-order valence-electron chi connectivity index (χ2n) is 4.71. The highest BCUT2D eigenvalue weighted by molar-refractivity contribution is 8.13. The van der Waals surface area contributed by atoms with Gasteiger partial charge in [-0.1, -0.05) is 0 Å². The molecule has 6 nitrogen and oxygen atoms in total. The van der Waals surface area contributed by atoms with Crippen LogP contribution in [0.1, 0.15) is 25.5 Å². The van der Waals surface area contributed by atoms with Crippen LogP contribution in [0.25, 0.3) is 0 Å². The monoisotopic (exact) mass is 339 g/mol. The van der Waals surface area contributed by atoms with Crippen molar-refractivity contribution in [1.29, 1.82) is 0 Å². The van der Waals surface area contributed by atoms with Crippen molar-refractivity contribution in [3.8, 4) is 5.75 Å². The average molecular weight is 340 g/mol. The number of rotatable bonds is 4. The average Bonchev–Trinajstić information content (AvgIpc) is 2.70. The van der Waals surface area contributed by atoms with Gasteiger partial charge in [0.2, 0.25) is 10.0 Å². The SMILES string of the molecule is CC(C)S(=O)(=O)NC1COc2ccc(S(=O)(=O)Cl)cc21. The predicted molar refractivity (Wildman–Crippen MR) is 74.9 cm³/mol. The van der Waals surface area contributed by atoms with Crippen LogP contribution in [0.5, 0.6) is 5.75 Å². The lowest BCUT2D eigenvalue weighted by Crippen LogP contribution is -2.34. The maximum atomic E-state index is 11.9. The van der Waals surface area contributed by atoms with E-state index in [1.807, 2.05) is 0 Å². The van der Waals surface area contributed by atoms with Crippen LogP contribution in [-0.4, -0.2) is 28.7 Å². The fourth-order valence-corrected chi connectivity index (χ4v) is 3.43. The van der Waals surface area contributed by atoms with E-state index >= 15 is 0 Å². The van der Waals surface area contributed by atoms with Crippen LogP contribution in [-0.2, 0) is 19.1 Å². The lowest BCUT2D eigenvalue weighted by molar-refractivity contribution is 0.325. The van der Waals surface area contributed by atoms with Gasteiger partial charge in [-0.25, -0.2) is 21.6 Å². The fraction of sp³-hybridized carbons (Fsp3) is 0.455. The molecule has 0 radical (unpaired) electrons. The van der Waals surface area contributed by atoms with Crippen LogP contribution in [0.15, 0.2) is 23.1 Å². The minimum absolute atomic E-state index is 0.0860. The Hall–Kier alpha value is -0.830. The van der Waals surface area contributed by atoms with Crippen LogP contribution < -0.4 is 9.46 Å². The highest BCUT2D eigenvalue weighted by Crippen LogP contribution is 2.35. The standard InChI is InChI=1S/C11H14ClNO5S2/c1-7(2)20(16,17)13-10-6-18-11-4-3-8(5-9(10)11)19(12,14)15/h3-5,7,10,13H,6H2,1-2H3. The van der Waals surface area contributed by atoms with Gasteiger partial charge in [0, 0.05) is 16.2 Å². The Morgan fingerprint density at radius 3 is 2.50 bits per heavy atom. The van der Waals surface area contributed by atoms with E-state index in [2.05, 4.69) is 4.72 Å². The molecule has 0 spiro atoms. The van der Waals surface area contributed by atoms with Gasteiger partial charge in [0.15, 0.2) is 0 Å². The maximum absolute atomic E-state index is 11.9. The molecule has 1 aromatic carbocycles. The number of halogens is 1. The molecule has 1 aromatic rings. The molecule has 0 aromatic heterocycles. The number of hydrogen-bond donors (Lipinski definition) is 1. The summed E-state index contributed by atoms with van der Waals surface area (Å²) in [4.78, 5) is -0.0860. The van der Waals surface area contributed by atoms with Gasteiger partial charge in [-0.3, -0.25) is 0 Å². The van der Waals surface area contributed by atoms with E-state index in [1.54, 1.807) is 13.8 Å². The molecule has 1 aliphatic heterocycles. The number of hydrogen-bond acceptors (Lipinski definition) is 5. The van der Waals surface area contributed by atoms with E-state index in [0.29, 0.717) is 11.3 Å². The van der Waals surface area contributed by atoms with Crippen molar-refractivity contribution in [2.24, 2.45) is 0 Å². The molecule has 2 rings (SSSR count). The second-order valence-corrected chi connectivity index (χ2v) is 9.55. The van der Waals surface area contributed by atoms with Gasteiger partial charge in [-0.2, -0.15) is 0 Å². The topological polar surface area (TPSA) is 89.5 Å². The van der Waals surface area contributed by atoms with Crippen LogP contribution in [0.4, 0.5) is 0 Å². The normalized spacial score (nSPS) is 18.9. The second kappa shape index (κ2) is 5.18. The highest BCUT2D eigenvalue weighted by Gasteiger charge is 2.30. The van der Waals surface area contributed by atoms with Crippen molar-refractivity contribution in [3.63, 3.8) is 0 Å². The molecular formula is C11H14ClNO5S2. The van der Waals surface area contributed by atoms with E-state index in [4.69, 9.17) is 15.4 Å². The molecule has 1 unspecified atom stereocenters. The number of nitrogens with one attached hydrogen (secondary N) is 1. The van der Waals surface area contributed by atoms with Crippen molar-refractivity contribution < 1.29 is 21.6 Å². The first-order valence-electron chi connectivity index (χ1n) is 5.84. The number of fused-ring (bicyclic) bond motifs is 1. The van der Waals surface area contributed by atoms with Gasteiger partial charge in [0.1, 0.15) is 12.4 Å².